The van der Waals surface area contributed by atoms with E-state index in [2.05, 4.69) is 10.3 Å². The fraction of sp³-hybridized carbons (Fsp3) is 0.412. The lowest BCUT2D eigenvalue weighted by Gasteiger charge is -2.12. The van der Waals surface area contributed by atoms with E-state index >= 15 is 0 Å². The Hall–Kier alpha value is -2.50. The van der Waals surface area contributed by atoms with E-state index in [1.54, 1.807) is 6.92 Å². The van der Waals surface area contributed by atoms with E-state index in [1.807, 2.05) is 32.0 Å². The first-order chi connectivity index (χ1) is 11.1. The van der Waals surface area contributed by atoms with Crippen molar-refractivity contribution in [2.45, 2.75) is 27.2 Å². The molecule has 0 bridgehead atoms. The van der Waals surface area contributed by atoms with E-state index in [1.165, 1.54) is 6.20 Å². The molecule has 2 rings (SSSR count). The molecule has 0 saturated carbocycles. The Labute approximate surface area is 135 Å². The van der Waals surface area contributed by atoms with Gasteiger partial charge in [-0.2, -0.15) is 0 Å². The molecule has 0 spiro atoms. The summed E-state index contributed by atoms with van der Waals surface area (Å²) in [5.74, 6) is 1.85. The SMILES string of the molecule is CCOc1ccc(CCNC(=O)c2ncc(C)o2)cc1OCC. The minimum atomic E-state index is -0.311. The maximum Gasteiger partial charge on any atom is 0.307 e. The van der Waals surface area contributed by atoms with Gasteiger partial charge in [-0.3, -0.25) is 4.79 Å². The monoisotopic (exact) mass is 318 g/mol. The van der Waals surface area contributed by atoms with Crippen LogP contribution in [0.15, 0.2) is 28.8 Å². The summed E-state index contributed by atoms with van der Waals surface area (Å²) in [6, 6.07) is 5.80. The fourth-order valence-electron chi connectivity index (χ4n) is 2.11. The summed E-state index contributed by atoms with van der Waals surface area (Å²) < 4.78 is 16.3. The zero-order valence-corrected chi connectivity index (χ0v) is 13.7. The van der Waals surface area contributed by atoms with E-state index in [9.17, 15) is 4.79 Å². The second-order valence-corrected chi connectivity index (χ2v) is 4.93. The highest BCUT2D eigenvalue weighted by molar-refractivity contribution is 5.89. The summed E-state index contributed by atoms with van der Waals surface area (Å²) in [4.78, 5) is 15.7. The predicted molar refractivity (Wildman–Crippen MR) is 86.1 cm³/mol. The Balaban J connectivity index is 1.92. The lowest BCUT2D eigenvalue weighted by Crippen LogP contribution is -2.25. The number of benzene rings is 1. The first kappa shape index (κ1) is 16.9. The van der Waals surface area contributed by atoms with Crippen molar-refractivity contribution in [3.63, 3.8) is 0 Å². The third kappa shape index (κ3) is 4.74. The Morgan fingerprint density at radius 3 is 2.61 bits per heavy atom. The molecule has 0 unspecified atom stereocenters. The normalized spacial score (nSPS) is 10.4. The van der Waals surface area contributed by atoms with Gasteiger partial charge in [-0.25, -0.2) is 4.98 Å². The van der Waals surface area contributed by atoms with Gasteiger partial charge in [0.2, 0.25) is 0 Å². The maximum atomic E-state index is 11.8. The van der Waals surface area contributed by atoms with Crippen molar-refractivity contribution in [1.82, 2.24) is 10.3 Å². The number of nitrogens with zero attached hydrogens (tertiary/aromatic N) is 1. The van der Waals surface area contributed by atoms with Crippen molar-refractivity contribution >= 4 is 5.91 Å². The van der Waals surface area contributed by atoms with Crippen molar-refractivity contribution in [2.24, 2.45) is 0 Å². The van der Waals surface area contributed by atoms with E-state index in [0.717, 1.165) is 17.1 Å². The summed E-state index contributed by atoms with van der Waals surface area (Å²) >= 11 is 0. The number of hydrogen-bond acceptors (Lipinski definition) is 5. The first-order valence-electron chi connectivity index (χ1n) is 7.73. The average Bonchev–Trinajstić information content (AvgIpc) is 2.97. The van der Waals surface area contributed by atoms with Crippen LogP contribution in [0.2, 0.25) is 0 Å². The number of oxazole rings is 1. The minimum Gasteiger partial charge on any atom is -0.490 e. The second-order valence-electron chi connectivity index (χ2n) is 4.93. The zero-order valence-electron chi connectivity index (χ0n) is 13.7. The van der Waals surface area contributed by atoms with Crippen LogP contribution in [0.5, 0.6) is 11.5 Å². The summed E-state index contributed by atoms with van der Waals surface area (Å²) in [7, 11) is 0. The molecule has 1 heterocycles. The molecule has 23 heavy (non-hydrogen) atoms. The number of aromatic nitrogens is 1. The molecular weight excluding hydrogens is 296 g/mol. The number of carbonyl (C=O) groups is 1. The number of hydrogen-bond donors (Lipinski definition) is 1. The van der Waals surface area contributed by atoms with Crippen LogP contribution in [0.4, 0.5) is 0 Å². The molecule has 2 aromatic rings. The molecule has 0 aliphatic carbocycles. The van der Waals surface area contributed by atoms with Crippen LogP contribution in [0.3, 0.4) is 0 Å². The quantitative estimate of drug-likeness (QED) is 0.810. The summed E-state index contributed by atoms with van der Waals surface area (Å²) in [5.41, 5.74) is 1.06. The van der Waals surface area contributed by atoms with Crippen molar-refractivity contribution in [3.8, 4) is 11.5 Å². The Bertz CT molecular complexity index is 652. The topological polar surface area (TPSA) is 73.6 Å². The predicted octanol–water partition coefficient (Wildman–Crippen LogP) is 2.75. The molecule has 0 saturated heterocycles. The van der Waals surface area contributed by atoms with Crippen molar-refractivity contribution in [1.29, 1.82) is 0 Å². The van der Waals surface area contributed by atoms with Gasteiger partial charge in [0.1, 0.15) is 5.76 Å². The fourth-order valence-corrected chi connectivity index (χ4v) is 2.11. The van der Waals surface area contributed by atoms with Crippen molar-refractivity contribution < 1.29 is 18.7 Å². The second kappa shape index (κ2) is 8.22. The van der Waals surface area contributed by atoms with Gasteiger partial charge in [0.15, 0.2) is 11.5 Å². The average molecular weight is 318 g/mol. The number of nitrogens with one attached hydrogen (secondary N) is 1. The van der Waals surface area contributed by atoms with Crippen molar-refractivity contribution in [2.75, 3.05) is 19.8 Å². The van der Waals surface area contributed by atoms with Crippen LogP contribution in [-0.4, -0.2) is 30.6 Å². The molecule has 0 atom stereocenters. The molecule has 6 nitrogen and oxygen atoms in total. The summed E-state index contributed by atoms with van der Waals surface area (Å²) in [6.07, 6.45) is 2.20. The minimum absolute atomic E-state index is 0.0872. The zero-order chi connectivity index (χ0) is 16.7. The lowest BCUT2D eigenvalue weighted by atomic mass is 10.1. The lowest BCUT2D eigenvalue weighted by molar-refractivity contribution is 0.0918. The van der Waals surface area contributed by atoms with E-state index in [0.29, 0.717) is 31.9 Å². The van der Waals surface area contributed by atoms with Crippen molar-refractivity contribution in [3.05, 3.63) is 41.6 Å². The number of aryl methyl sites for hydroxylation is 1. The third-order valence-corrected chi connectivity index (χ3v) is 3.12. The van der Waals surface area contributed by atoms with Gasteiger partial charge in [0, 0.05) is 6.54 Å². The summed E-state index contributed by atoms with van der Waals surface area (Å²) in [6.45, 7) is 7.26. The van der Waals surface area contributed by atoms with Crippen LogP contribution in [0, 0.1) is 6.92 Å². The Kier molecular flexibility index (Phi) is 6.02. The van der Waals surface area contributed by atoms with Crippen LogP contribution >= 0.6 is 0 Å². The largest absolute Gasteiger partial charge is 0.490 e. The maximum absolute atomic E-state index is 11.8. The van der Waals surface area contributed by atoms with Gasteiger partial charge in [-0.1, -0.05) is 6.07 Å². The van der Waals surface area contributed by atoms with E-state index in [-0.39, 0.29) is 11.8 Å². The smallest absolute Gasteiger partial charge is 0.307 e. The van der Waals surface area contributed by atoms with Crippen LogP contribution in [-0.2, 0) is 6.42 Å². The van der Waals surface area contributed by atoms with Gasteiger partial charge in [0.25, 0.3) is 5.89 Å². The number of amides is 1. The van der Waals surface area contributed by atoms with Crippen LogP contribution < -0.4 is 14.8 Å². The molecule has 1 amide bonds. The van der Waals surface area contributed by atoms with Gasteiger partial charge in [-0.05, 0) is 44.9 Å². The molecule has 6 heteroatoms. The molecule has 1 N–H and O–H groups in total. The number of rotatable bonds is 8. The standard InChI is InChI=1S/C17H22N2O4/c1-4-21-14-7-6-13(10-15(14)22-5-2)8-9-18-16(20)17-19-11-12(3)23-17/h6-7,10-11H,4-5,8-9H2,1-3H3,(H,18,20). The van der Waals surface area contributed by atoms with Gasteiger partial charge in [0.05, 0.1) is 19.4 Å². The highest BCUT2D eigenvalue weighted by atomic mass is 16.5. The molecular formula is C17H22N2O4. The van der Waals surface area contributed by atoms with E-state index in [4.69, 9.17) is 13.9 Å². The number of carbonyl (C=O) groups excluding carboxylic acids is 1. The van der Waals surface area contributed by atoms with Crippen LogP contribution in [0.25, 0.3) is 0 Å². The van der Waals surface area contributed by atoms with E-state index < -0.39 is 0 Å². The van der Waals surface area contributed by atoms with Gasteiger partial charge in [-0.15, -0.1) is 0 Å². The number of ether oxygens (including phenoxy) is 2. The Morgan fingerprint density at radius 1 is 1.22 bits per heavy atom. The molecule has 124 valence electrons. The summed E-state index contributed by atoms with van der Waals surface area (Å²) in [5, 5.41) is 2.78. The molecule has 1 aromatic carbocycles. The molecule has 0 fully saturated rings. The first-order valence-corrected chi connectivity index (χ1v) is 7.73. The van der Waals surface area contributed by atoms with Gasteiger partial charge >= 0.3 is 5.91 Å². The molecule has 1 aromatic heterocycles. The molecule has 0 radical (unpaired) electrons. The highest BCUT2D eigenvalue weighted by Crippen LogP contribution is 2.28. The highest BCUT2D eigenvalue weighted by Gasteiger charge is 2.11. The molecule has 0 aliphatic rings. The molecule has 0 aliphatic heterocycles. The van der Waals surface area contributed by atoms with Gasteiger partial charge < -0.3 is 19.2 Å². The van der Waals surface area contributed by atoms with Crippen LogP contribution in [0.1, 0.15) is 35.9 Å². The third-order valence-electron chi connectivity index (χ3n) is 3.12. The Morgan fingerprint density at radius 2 is 1.96 bits per heavy atom.